The normalized spacial score (nSPS) is 19.9. The van der Waals surface area contributed by atoms with Gasteiger partial charge in [0.05, 0.1) is 17.6 Å². The average molecular weight is 250 g/mol. The van der Waals surface area contributed by atoms with Crippen molar-refractivity contribution in [1.82, 2.24) is 0 Å². The van der Waals surface area contributed by atoms with Crippen molar-refractivity contribution >= 4 is 11.4 Å². The Bertz CT molecular complexity index is 448. The zero-order valence-electron chi connectivity index (χ0n) is 10.5. The van der Waals surface area contributed by atoms with Gasteiger partial charge in [-0.05, 0) is 37.8 Å². The number of aliphatic hydroxyl groups is 1. The third kappa shape index (κ3) is 2.46. The predicted octanol–water partition coefficient (Wildman–Crippen LogP) is 2.25. The molecule has 0 aromatic heterocycles. The molecule has 2 rings (SSSR count). The number of hydrogen-bond acceptors (Lipinski definition) is 4. The van der Waals surface area contributed by atoms with Gasteiger partial charge in [-0.3, -0.25) is 10.1 Å². The molecule has 1 heterocycles. The van der Waals surface area contributed by atoms with Gasteiger partial charge in [-0.2, -0.15) is 0 Å². The highest BCUT2D eigenvalue weighted by molar-refractivity contribution is 5.58. The summed E-state index contributed by atoms with van der Waals surface area (Å²) < 4.78 is 0. The lowest BCUT2D eigenvalue weighted by atomic mass is 10.0. The number of non-ortho nitro benzene ring substituents is 1. The minimum atomic E-state index is -0.378. The van der Waals surface area contributed by atoms with E-state index in [1.807, 2.05) is 6.92 Å². The summed E-state index contributed by atoms with van der Waals surface area (Å²) in [5, 5.41) is 20.1. The number of benzene rings is 1. The van der Waals surface area contributed by atoms with Crippen molar-refractivity contribution < 1.29 is 10.0 Å². The van der Waals surface area contributed by atoms with Crippen molar-refractivity contribution in [3.05, 3.63) is 33.9 Å². The third-order valence-corrected chi connectivity index (χ3v) is 3.54. The monoisotopic (exact) mass is 250 g/mol. The number of rotatable bonds is 3. The Morgan fingerprint density at radius 3 is 2.89 bits per heavy atom. The molecule has 1 aliphatic heterocycles. The average Bonchev–Trinajstić information content (AvgIpc) is 2.38. The van der Waals surface area contributed by atoms with Crippen LogP contribution in [0.5, 0.6) is 0 Å². The van der Waals surface area contributed by atoms with Crippen LogP contribution in [0.2, 0.25) is 0 Å². The van der Waals surface area contributed by atoms with Gasteiger partial charge in [0.2, 0.25) is 0 Å². The Labute approximate surface area is 106 Å². The van der Waals surface area contributed by atoms with Gasteiger partial charge in [-0.25, -0.2) is 0 Å². The molecule has 1 aromatic rings. The van der Waals surface area contributed by atoms with Crippen molar-refractivity contribution in [2.75, 3.05) is 18.1 Å². The van der Waals surface area contributed by atoms with Crippen LogP contribution >= 0.6 is 0 Å². The highest BCUT2D eigenvalue weighted by Crippen LogP contribution is 2.29. The second-order valence-corrected chi connectivity index (χ2v) is 4.75. The van der Waals surface area contributed by atoms with Crippen LogP contribution in [0.4, 0.5) is 11.4 Å². The van der Waals surface area contributed by atoms with Crippen molar-refractivity contribution in [2.24, 2.45) is 0 Å². The number of aliphatic hydroxyl groups excluding tert-OH is 1. The van der Waals surface area contributed by atoms with Crippen LogP contribution in [-0.4, -0.2) is 29.2 Å². The highest BCUT2D eigenvalue weighted by Gasteiger charge is 2.23. The Hall–Kier alpha value is -1.62. The fraction of sp³-hybridized carbons (Fsp3) is 0.538. The summed E-state index contributed by atoms with van der Waals surface area (Å²) in [4.78, 5) is 12.5. The molecule has 0 saturated carbocycles. The zero-order valence-corrected chi connectivity index (χ0v) is 10.5. The predicted molar refractivity (Wildman–Crippen MR) is 69.9 cm³/mol. The van der Waals surface area contributed by atoms with Gasteiger partial charge in [0.15, 0.2) is 0 Å². The van der Waals surface area contributed by atoms with Gasteiger partial charge in [0.1, 0.15) is 0 Å². The standard InChI is InChI=1S/C13H18N2O3/c1-10-8-11(15(17)18)5-6-13(10)14-7-3-2-4-12(14)9-16/h5-6,8,12,16H,2-4,7,9H2,1H3. The Balaban J connectivity index is 2.29. The lowest BCUT2D eigenvalue weighted by molar-refractivity contribution is -0.384. The number of nitrogens with zero attached hydrogens (tertiary/aromatic N) is 2. The van der Waals surface area contributed by atoms with Crippen molar-refractivity contribution in [3.8, 4) is 0 Å². The molecule has 1 unspecified atom stereocenters. The molecule has 18 heavy (non-hydrogen) atoms. The second-order valence-electron chi connectivity index (χ2n) is 4.75. The lowest BCUT2D eigenvalue weighted by Gasteiger charge is -2.37. The molecular formula is C13H18N2O3. The maximum atomic E-state index is 10.7. The second kappa shape index (κ2) is 5.35. The molecule has 0 amide bonds. The quantitative estimate of drug-likeness (QED) is 0.660. The van der Waals surface area contributed by atoms with Crippen LogP contribution in [0, 0.1) is 17.0 Å². The highest BCUT2D eigenvalue weighted by atomic mass is 16.6. The molecule has 1 aromatic carbocycles. The largest absolute Gasteiger partial charge is 0.394 e. The van der Waals surface area contributed by atoms with Crippen molar-refractivity contribution in [2.45, 2.75) is 32.2 Å². The molecule has 0 aliphatic carbocycles. The summed E-state index contributed by atoms with van der Waals surface area (Å²) in [6, 6.07) is 5.06. The van der Waals surface area contributed by atoms with E-state index in [4.69, 9.17) is 0 Å². The number of hydrogen-bond donors (Lipinski definition) is 1. The zero-order chi connectivity index (χ0) is 13.1. The molecule has 0 bridgehead atoms. The van der Waals surface area contributed by atoms with E-state index in [0.717, 1.165) is 37.1 Å². The van der Waals surface area contributed by atoms with Gasteiger partial charge >= 0.3 is 0 Å². The molecule has 0 radical (unpaired) electrons. The first-order valence-corrected chi connectivity index (χ1v) is 6.26. The molecule has 1 atom stereocenters. The van der Waals surface area contributed by atoms with Crippen LogP contribution in [-0.2, 0) is 0 Å². The number of piperidine rings is 1. The molecule has 5 nitrogen and oxygen atoms in total. The van der Waals surface area contributed by atoms with Crippen LogP contribution < -0.4 is 4.90 Å². The van der Waals surface area contributed by atoms with Gasteiger partial charge in [0, 0.05) is 24.4 Å². The topological polar surface area (TPSA) is 66.6 Å². The molecule has 1 saturated heterocycles. The van der Waals surface area contributed by atoms with E-state index in [0.29, 0.717) is 0 Å². The van der Waals surface area contributed by atoms with Gasteiger partial charge in [0.25, 0.3) is 5.69 Å². The molecule has 98 valence electrons. The van der Waals surface area contributed by atoms with E-state index in [9.17, 15) is 15.2 Å². The van der Waals surface area contributed by atoms with Crippen LogP contribution in [0.1, 0.15) is 24.8 Å². The molecule has 5 heteroatoms. The number of nitro groups is 1. The lowest BCUT2D eigenvalue weighted by Crippen LogP contribution is -2.42. The minimum absolute atomic E-state index is 0.119. The van der Waals surface area contributed by atoms with Crippen LogP contribution in [0.25, 0.3) is 0 Å². The first-order chi connectivity index (χ1) is 8.63. The number of nitro benzene ring substituents is 1. The first kappa shape index (κ1) is 12.8. The van der Waals surface area contributed by atoms with Crippen molar-refractivity contribution in [3.63, 3.8) is 0 Å². The maximum absolute atomic E-state index is 10.7. The first-order valence-electron chi connectivity index (χ1n) is 6.26. The Kier molecular flexibility index (Phi) is 3.81. The summed E-state index contributed by atoms with van der Waals surface area (Å²) in [7, 11) is 0. The molecule has 1 N–H and O–H groups in total. The summed E-state index contributed by atoms with van der Waals surface area (Å²) >= 11 is 0. The van der Waals surface area contributed by atoms with Gasteiger partial charge < -0.3 is 10.0 Å². The summed E-state index contributed by atoms with van der Waals surface area (Å²) in [6.45, 7) is 2.92. The number of aryl methyl sites for hydroxylation is 1. The summed E-state index contributed by atoms with van der Waals surface area (Å²) in [5.41, 5.74) is 2.01. The smallest absolute Gasteiger partial charge is 0.269 e. The van der Waals surface area contributed by atoms with E-state index < -0.39 is 0 Å². The fourth-order valence-electron chi connectivity index (χ4n) is 2.58. The SMILES string of the molecule is Cc1cc([N+](=O)[O-])ccc1N1CCCCC1CO. The van der Waals surface area contributed by atoms with Crippen molar-refractivity contribution in [1.29, 1.82) is 0 Å². The fourth-order valence-corrected chi connectivity index (χ4v) is 2.58. The van der Waals surface area contributed by atoms with E-state index >= 15 is 0 Å². The van der Waals surface area contributed by atoms with E-state index in [1.165, 1.54) is 6.07 Å². The van der Waals surface area contributed by atoms with Crippen LogP contribution in [0.3, 0.4) is 0 Å². The minimum Gasteiger partial charge on any atom is -0.394 e. The van der Waals surface area contributed by atoms with E-state index in [1.54, 1.807) is 12.1 Å². The van der Waals surface area contributed by atoms with E-state index in [-0.39, 0.29) is 23.3 Å². The number of anilines is 1. The maximum Gasteiger partial charge on any atom is 0.269 e. The van der Waals surface area contributed by atoms with E-state index in [2.05, 4.69) is 4.90 Å². The molecular weight excluding hydrogens is 232 g/mol. The molecule has 0 spiro atoms. The third-order valence-electron chi connectivity index (χ3n) is 3.54. The Morgan fingerprint density at radius 1 is 1.50 bits per heavy atom. The Morgan fingerprint density at radius 2 is 2.28 bits per heavy atom. The summed E-state index contributed by atoms with van der Waals surface area (Å²) in [6.07, 6.45) is 3.22. The van der Waals surface area contributed by atoms with Gasteiger partial charge in [-0.15, -0.1) is 0 Å². The van der Waals surface area contributed by atoms with Crippen LogP contribution in [0.15, 0.2) is 18.2 Å². The summed E-state index contributed by atoms with van der Waals surface area (Å²) in [5.74, 6) is 0. The van der Waals surface area contributed by atoms with Gasteiger partial charge in [-0.1, -0.05) is 0 Å². The molecule has 1 aliphatic rings. The molecule has 1 fully saturated rings.